The third kappa shape index (κ3) is 32600. The molecule has 0 heterocycles. The van der Waals surface area contributed by atoms with Gasteiger partial charge in [-0.3, -0.25) is 0 Å². The molecule has 0 amide bonds. The van der Waals surface area contributed by atoms with Crippen LogP contribution < -0.4 is 0 Å². The number of aliphatic hydroxyl groups is 2. The fourth-order valence-electron chi connectivity index (χ4n) is 0. The monoisotopic (exact) mass is 318 g/mol. The van der Waals surface area contributed by atoms with E-state index >= 15 is 0 Å². The van der Waals surface area contributed by atoms with Gasteiger partial charge in [-0.05, 0) is 34.6 Å². The molecule has 0 saturated carbocycles. The van der Waals surface area contributed by atoms with E-state index in [0.717, 1.165) is 0 Å². The molecule has 0 aliphatic carbocycles. The molecule has 0 rings (SSSR count). The Bertz CT molecular complexity index is 116. The van der Waals surface area contributed by atoms with E-state index in [-0.39, 0.29) is 13.2 Å². The fraction of sp³-hybridized carbons (Fsp3) is 0.474. The highest BCUT2D eigenvalue weighted by atomic mass is 16.4. The van der Waals surface area contributed by atoms with Gasteiger partial charge in [-0.25, -0.2) is 0 Å². The van der Waals surface area contributed by atoms with Gasteiger partial charge in [0.2, 0.25) is 0 Å². The van der Waals surface area contributed by atoms with Crippen molar-refractivity contribution in [2.75, 3.05) is 27.4 Å². The second-order valence-electron chi connectivity index (χ2n) is 2.90. The lowest BCUT2D eigenvalue weighted by molar-refractivity contribution is 0.186. The fourth-order valence-corrected chi connectivity index (χ4v) is 0. The van der Waals surface area contributed by atoms with Crippen LogP contribution in [0.25, 0.3) is 0 Å². The standard InChI is InChI=1S/5C3H6.C2H6O2.C2H6O/c5*1-3-2;3-1-2-4;1-3-2/h5*3H,1H2,2H3;3-4H,1-2H2;1-2H3. The van der Waals surface area contributed by atoms with E-state index in [4.69, 9.17) is 10.2 Å². The number of hydrogen-bond donors (Lipinski definition) is 2. The first-order valence-corrected chi connectivity index (χ1v) is 6.88. The zero-order chi connectivity index (χ0) is 19.7. The van der Waals surface area contributed by atoms with Gasteiger partial charge in [-0.2, -0.15) is 0 Å². The number of allylic oxidation sites excluding steroid dienone is 5. The van der Waals surface area contributed by atoms with Crippen molar-refractivity contribution in [1.82, 2.24) is 0 Å². The summed E-state index contributed by atoms with van der Waals surface area (Å²) in [5.74, 6) is 0. The maximum atomic E-state index is 7.62. The first-order chi connectivity index (χ1) is 10.4. The summed E-state index contributed by atoms with van der Waals surface area (Å²) in [7, 11) is 3.25. The molecule has 0 bridgehead atoms. The zero-order valence-corrected chi connectivity index (χ0v) is 16.1. The summed E-state index contributed by atoms with van der Waals surface area (Å²) in [5.41, 5.74) is 0. The predicted molar refractivity (Wildman–Crippen MR) is 106 cm³/mol. The maximum Gasteiger partial charge on any atom is 0.0662 e. The van der Waals surface area contributed by atoms with E-state index in [1.165, 1.54) is 0 Å². The third-order valence-electron chi connectivity index (χ3n) is 0.1000. The van der Waals surface area contributed by atoms with Crippen LogP contribution in [0.1, 0.15) is 34.6 Å². The van der Waals surface area contributed by atoms with Crippen LogP contribution in [0.15, 0.2) is 63.3 Å². The van der Waals surface area contributed by atoms with Gasteiger partial charge in [-0.1, -0.05) is 30.4 Å². The molecule has 136 valence electrons. The number of methoxy groups -OCH3 is 1. The van der Waals surface area contributed by atoms with Gasteiger partial charge in [0.1, 0.15) is 0 Å². The van der Waals surface area contributed by atoms with Crippen LogP contribution in [-0.2, 0) is 4.74 Å². The Hall–Kier alpha value is -1.42. The molecular weight excluding hydrogens is 276 g/mol. The van der Waals surface area contributed by atoms with Crippen LogP contribution >= 0.6 is 0 Å². The van der Waals surface area contributed by atoms with Gasteiger partial charge < -0.3 is 14.9 Å². The molecule has 3 nitrogen and oxygen atoms in total. The van der Waals surface area contributed by atoms with Crippen molar-refractivity contribution < 1.29 is 14.9 Å². The second kappa shape index (κ2) is 156. The third-order valence-corrected chi connectivity index (χ3v) is 0.1000. The van der Waals surface area contributed by atoms with Crippen molar-refractivity contribution in [3.63, 3.8) is 0 Å². The van der Waals surface area contributed by atoms with E-state index in [2.05, 4.69) is 37.6 Å². The van der Waals surface area contributed by atoms with Crippen molar-refractivity contribution >= 4 is 0 Å². The number of rotatable bonds is 1. The SMILES string of the molecule is C=CC.C=CC.C=CC.C=CC.C=CC.COC.OCCO. The van der Waals surface area contributed by atoms with Gasteiger partial charge in [0.05, 0.1) is 13.2 Å². The van der Waals surface area contributed by atoms with Gasteiger partial charge in [-0.15, -0.1) is 32.9 Å². The van der Waals surface area contributed by atoms with Crippen LogP contribution in [0.3, 0.4) is 0 Å². The van der Waals surface area contributed by atoms with Crippen molar-refractivity contribution in [2.24, 2.45) is 0 Å². The Labute approximate surface area is 141 Å². The van der Waals surface area contributed by atoms with Crippen LogP contribution in [0.5, 0.6) is 0 Å². The van der Waals surface area contributed by atoms with E-state index < -0.39 is 0 Å². The Balaban J connectivity index is -0.0000000239. The van der Waals surface area contributed by atoms with Crippen molar-refractivity contribution in [3.8, 4) is 0 Å². The first kappa shape index (κ1) is 42.8. The number of hydrogen-bond acceptors (Lipinski definition) is 3. The summed E-state index contributed by atoms with van der Waals surface area (Å²) < 4.78 is 4.25. The van der Waals surface area contributed by atoms with E-state index in [9.17, 15) is 0 Å². The minimum atomic E-state index is -0.125. The normalized spacial score (nSPS) is 5.14. The quantitative estimate of drug-likeness (QED) is 0.654. The molecule has 22 heavy (non-hydrogen) atoms. The lowest BCUT2D eigenvalue weighted by Gasteiger charge is -1.70. The molecular formula is C19H42O3. The molecule has 0 aliphatic rings. The maximum absolute atomic E-state index is 7.62. The highest BCUT2D eigenvalue weighted by Gasteiger charge is 1.58. The molecule has 3 heteroatoms. The van der Waals surface area contributed by atoms with Crippen LogP contribution in [0.4, 0.5) is 0 Å². The summed E-state index contributed by atoms with van der Waals surface area (Å²) in [4.78, 5) is 0. The lowest BCUT2D eigenvalue weighted by atomic mass is 10.8. The molecule has 2 N–H and O–H groups in total. The van der Waals surface area contributed by atoms with Crippen molar-refractivity contribution in [3.05, 3.63) is 63.3 Å². The Morgan fingerprint density at radius 3 is 0.636 bits per heavy atom. The molecule has 0 saturated heterocycles. The largest absolute Gasteiger partial charge is 0.394 e. The smallest absolute Gasteiger partial charge is 0.0662 e. The van der Waals surface area contributed by atoms with Crippen molar-refractivity contribution in [1.29, 1.82) is 0 Å². The summed E-state index contributed by atoms with van der Waals surface area (Å²) in [6.45, 7) is 26.0. The average molecular weight is 319 g/mol. The van der Waals surface area contributed by atoms with E-state index in [1.54, 1.807) is 44.6 Å². The van der Waals surface area contributed by atoms with E-state index in [1.807, 2.05) is 34.6 Å². The highest BCUT2D eigenvalue weighted by molar-refractivity contribution is 4.52. The topological polar surface area (TPSA) is 49.7 Å². The number of ether oxygens (including phenoxy) is 1. The highest BCUT2D eigenvalue weighted by Crippen LogP contribution is 1.40. The van der Waals surface area contributed by atoms with Crippen LogP contribution in [0, 0.1) is 0 Å². The lowest BCUT2D eigenvalue weighted by Crippen LogP contribution is -1.85. The Kier molecular flexibility index (Phi) is 304. The first-order valence-electron chi connectivity index (χ1n) is 6.88. The minimum absolute atomic E-state index is 0.125. The molecule has 0 aliphatic heterocycles. The summed E-state index contributed by atoms with van der Waals surface area (Å²) in [6, 6.07) is 0. The van der Waals surface area contributed by atoms with Gasteiger partial charge in [0, 0.05) is 14.2 Å². The van der Waals surface area contributed by atoms with Gasteiger partial charge >= 0.3 is 0 Å². The Morgan fingerprint density at radius 2 is 0.636 bits per heavy atom. The molecule has 0 radical (unpaired) electrons. The minimum Gasteiger partial charge on any atom is -0.394 e. The van der Waals surface area contributed by atoms with Crippen LogP contribution in [0.2, 0.25) is 0 Å². The van der Waals surface area contributed by atoms with Gasteiger partial charge in [0.25, 0.3) is 0 Å². The number of aliphatic hydroxyl groups excluding tert-OH is 2. The molecule has 0 atom stereocenters. The van der Waals surface area contributed by atoms with Crippen LogP contribution in [-0.4, -0.2) is 37.6 Å². The second-order valence-corrected chi connectivity index (χ2v) is 2.90. The molecule has 0 spiro atoms. The molecule has 0 aromatic rings. The van der Waals surface area contributed by atoms with Gasteiger partial charge in [0.15, 0.2) is 0 Å². The predicted octanol–water partition coefficient (Wildman–Crippen LogP) is 5.20. The average Bonchev–Trinajstić information content (AvgIpc) is 2.44. The molecule has 0 aromatic heterocycles. The summed E-state index contributed by atoms with van der Waals surface area (Å²) in [5, 5.41) is 15.2. The zero-order valence-electron chi connectivity index (χ0n) is 16.1. The molecule has 0 aromatic carbocycles. The molecule has 0 unspecified atom stereocenters. The van der Waals surface area contributed by atoms with Crippen molar-refractivity contribution in [2.45, 2.75) is 34.6 Å². The van der Waals surface area contributed by atoms with E-state index in [0.29, 0.717) is 0 Å². The summed E-state index contributed by atoms with van der Waals surface area (Å²) in [6.07, 6.45) is 8.75. The Morgan fingerprint density at radius 1 is 0.591 bits per heavy atom. The molecule has 0 fully saturated rings. The summed E-state index contributed by atoms with van der Waals surface area (Å²) >= 11 is 0.